The van der Waals surface area contributed by atoms with E-state index in [1.807, 2.05) is 12.2 Å². The molecule has 0 radical (unpaired) electrons. The second kappa shape index (κ2) is 11.8. The molecule has 0 aliphatic carbocycles. The van der Waals surface area contributed by atoms with Gasteiger partial charge in [-0.1, -0.05) is 20.3 Å². The van der Waals surface area contributed by atoms with Crippen LogP contribution < -0.4 is 27.4 Å². The van der Waals surface area contributed by atoms with Crippen LogP contribution >= 0.6 is 0 Å². The van der Waals surface area contributed by atoms with E-state index in [4.69, 9.17) is 16.6 Å². The van der Waals surface area contributed by atoms with Crippen LogP contribution in [0.2, 0.25) is 0 Å². The number of carbonyl (C=O) groups is 5. The Bertz CT molecular complexity index is 569. The van der Waals surface area contributed by atoms with Gasteiger partial charge < -0.3 is 37.6 Å². The number of aliphatic hydroxyl groups is 1. The highest BCUT2D eigenvalue weighted by atomic mass is 16.4. The smallest absolute Gasteiger partial charge is 0.326 e. The molecule has 4 amide bonds. The molecule has 0 fully saturated rings. The molecule has 0 aromatic carbocycles. The first kappa shape index (κ1) is 24.3. The van der Waals surface area contributed by atoms with Crippen LogP contribution in [0.15, 0.2) is 0 Å². The lowest BCUT2D eigenvalue weighted by Crippen LogP contribution is -2.55. The Labute approximate surface area is 156 Å². The summed E-state index contributed by atoms with van der Waals surface area (Å²) in [5, 5.41) is 24.6. The van der Waals surface area contributed by atoms with Crippen molar-refractivity contribution in [3.63, 3.8) is 0 Å². The number of nitrogens with one attached hydrogen (secondary N) is 3. The molecule has 9 N–H and O–H groups in total. The first-order chi connectivity index (χ1) is 12.5. The molecule has 12 nitrogen and oxygen atoms in total. The van der Waals surface area contributed by atoms with Crippen molar-refractivity contribution in [2.45, 2.75) is 44.8 Å². The predicted octanol–water partition coefficient (Wildman–Crippen LogP) is -3.60. The van der Waals surface area contributed by atoms with Crippen molar-refractivity contribution in [3.8, 4) is 0 Å². The van der Waals surface area contributed by atoms with E-state index in [0.29, 0.717) is 6.42 Å². The van der Waals surface area contributed by atoms with Gasteiger partial charge in [0.05, 0.1) is 25.6 Å². The average Bonchev–Trinajstić information content (AvgIpc) is 2.61. The first-order valence-electron chi connectivity index (χ1n) is 8.28. The van der Waals surface area contributed by atoms with E-state index in [2.05, 4.69) is 10.6 Å². The van der Waals surface area contributed by atoms with Crippen LogP contribution in [0.5, 0.6) is 0 Å². The number of aliphatic carboxylic acids is 1. The van der Waals surface area contributed by atoms with Gasteiger partial charge in [-0.2, -0.15) is 0 Å². The average molecular weight is 389 g/mol. The summed E-state index contributed by atoms with van der Waals surface area (Å²) in [4.78, 5) is 57.3. The molecule has 4 atom stereocenters. The maximum atomic E-state index is 12.0. The molecular formula is C15H27N5O7. The number of rotatable bonds is 12. The molecule has 4 unspecified atom stereocenters. The van der Waals surface area contributed by atoms with Crippen LogP contribution in [-0.4, -0.2) is 71.1 Å². The van der Waals surface area contributed by atoms with Gasteiger partial charge in [0.15, 0.2) is 0 Å². The van der Waals surface area contributed by atoms with Gasteiger partial charge in [-0.15, -0.1) is 0 Å². The van der Waals surface area contributed by atoms with Gasteiger partial charge in [0.2, 0.25) is 23.6 Å². The van der Waals surface area contributed by atoms with E-state index in [9.17, 15) is 29.1 Å². The van der Waals surface area contributed by atoms with E-state index >= 15 is 0 Å². The van der Waals surface area contributed by atoms with E-state index < -0.39 is 67.3 Å². The van der Waals surface area contributed by atoms with Crippen LogP contribution in [0.3, 0.4) is 0 Å². The highest BCUT2D eigenvalue weighted by Crippen LogP contribution is 2.05. The van der Waals surface area contributed by atoms with Gasteiger partial charge in [0, 0.05) is 0 Å². The summed E-state index contributed by atoms with van der Waals surface area (Å²) in [5.41, 5.74) is 10.6. The van der Waals surface area contributed by atoms with Gasteiger partial charge >= 0.3 is 5.97 Å². The minimum atomic E-state index is -1.53. The number of nitrogens with two attached hydrogens (primary N) is 2. The zero-order valence-corrected chi connectivity index (χ0v) is 15.2. The van der Waals surface area contributed by atoms with Crippen molar-refractivity contribution < 1.29 is 34.2 Å². The maximum absolute atomic E-state index is 12.0. The molecule has 12 heteroatoms. The minimum Gasteiger partial charge on any atom is -0.480 e. The number of carboxylic acids is 1. The lowest BCUT2D eigenvalue weighted by atomic mass is 9.99. The van der Waals surface area contributed by atoms with E-state index in [1.54, 1.807) is 6.92 Å². The minimum absolute atomic E-state index is 0.142. The molecule has 0 aromatic rings. The summed E-state index contributed by atoms with van der Waals surface area (Å²) in [7, 11) is 0. The summed E-state index contributed by atoms with van der Waals surface area (Å²) in [6, 6.07) is -3.74. The second-order valence-corrected chi connectivity index (χ2v) is 6.00. The van der Waals surface area contributed by atoms with E-state index in [1.165, 1.54) is 0 Å². The number of carbonyl (C=O) groups excluding carboxylic acids is 4. The summed E-state index contributed by atoms with van der Waals surface area (Å²) in [6.45, 7) is 2.24. The molecule has 0 bridgehead atoms. The van der Waals surface area contributed by atoms with Crippen molar-refractivity contribution in [1.29, 1.82) is 0 Å². The summed E-state index contributed by atoms with van der Waals surface area (Å²) >= 11 is 0. The summed E-state index contributed by atoms with van der Waals surface area (Å²) in [6.07, 6.45) is 0.0264. The Morgan fingerprint density at radius 2 is 1.63 bits per heavy atom. The molecule has 0 aliphatic rings. The molecule has 27 heavy (non-hydrogen) atoms. The second-order valence-electron chi connectivity index (χ2n) is 6.00. The van der Waals surface area contributed by atoms with Crippen molar-refractivity contribution >= 4 is 29.6 Å². The maximum Gasteiger partial charge on any atom is 0.326 e. The third-order valence-corrected chi connectivity index (χ3v) is 3.84. The van der Waals surface area contributed by atoms with Crippen molar-refractivity contribution in [1.82, 2.24) is 16.0 Å². The SMILES string of the molecule is CCC(C)C(N)C(=O)NC(CO)C(=O)NCC(=O)NC(CC(N)=O)C(=O)O. The zero-order valence-electron chi connectivity index (χ0n) is 15.2. The number of hydrogen-bond acceptors (Lipinski definition) is 7. The van der Waals surface area contributed by atoms with Crippen LogP contribution in [-0.2, 0) is 24.0 Å². The topological polar surface area (TPSA) is 214 Å². The standard InChI is InChI=1S/C15H27N5O7/c1-3-7(2)12(17)14(25)20-9(6-21)13(24)18-5-11(23)19-8(15(26)27)4-10(16)22/h7-9,12,21H,3-6,17H2,1-2H3,(H2,16,22)(H,18,24)(H,19,23)(H,20,25)(H,26,27). The number of hydrogen-bond donors (Lipinski definition) is 7. The Morgan fingerprint density at radius 1 is 1.04 bits per heavy atom. The number of amides is 4. The van der Waals surface area contributed by atoms with Crippen LogP contribution in [0.4, 0.5) is 0 Å². The van der Waals surface area contributed by atoms with Crippen molar-refractivity contribution in [2.24, 2.45) is 17.4 Å². The van der Waals surface area contributed by atoms with Gasteiger partial charge in [0.25, 0.3) is 0 Å². The lowest BCUT2D eigenvalue weighted by Gasteiger charge is -2.22. The molecule has 0 saturated carbocycles. The quantitative estimate of drug-likeness (QED) is 0.176. The summed E-state index contributed by atoms with van der Waals surface area (Å²) in [5.74, 6) is -4.91. The third-order valence-electron chi connectivity index (χ3n) is 3.84. The molecule has 0 heterocycles. The lowest BCUT2D eigenvalue weighted by molar-refractivity contribution is -0.143. The van der Waals surface area contributed by atoms with Gasteiger partial charge in [-0.25, -0.2) is 4.79 Å². The van der Waals surface area contributed by atoms with Crippen LogP contribution in [0.1, 0.15) is 26.7 Å². The normalized spacial score (nSPS) is 15.0. The van der Waals surface area contributed by atoms with Gasteiger partial charge in [-0.05, 0) is 5.92 Å². The Kier molecular flexibility index (Phi) is 10.6. The van der Waals surface area contributed by atoms with Gasteiger partial charge in [-0.3, -0.25) is 19.2 Å². The van der Waals surface area contributed by atoms with Gasteiger partial charge in [0.1, 0.15) is 12.1 Å². The summed E-state index contributed by atoms with van der Waals surface area (Å²) < 4.78 is 0. The highest BCUT2D eigenvalue weighted by molar-refractivity contribution is 5.93. The highest BCUT2D eigenvalue weighted by Gasteiger charge is 2.26. The molecule has 154 valence electrons. The monoisotopic (exact) mass is 389 g/mol. The molecule has 0 aliphatic heterocycles. The Balaban J connectivity index is 4.63. The van der Waals surface area contributed by atoms with Crippen LogP contribution in [0.25, 0.3) is 0 Å². The van der Waals surface area contributed by atoms with E-state index in [-0.39, 0.29) is 5.92 Å². The fourth-order valence-corrected chi connectivity index (χ4v) is 1.91. The fourth-order valence-electron chi connectivity index (χ4n) is 1.91. The number of aliphatic hydroxyl groups excluding tert-OH is 1. The predicted molar refractivity (Wildman–Crippen MR) is 92.8 cm³/mol. The molecule has 0 spiro atoms. The number of carboxylic acid groups (broad SMARTS) is 1. The third kappa shape index (κ3) is 8.96. The number of primary amides is 1. The zero-order chi connectivity index (χ0) is 21.1. The van der Waals surface area contributed by atoms with Crippen molar-refractivity contribution in [2.75, 3.05) is 13.2 Å². The Morgan fingerprint density at radius 3 is 2.07 bits per heavy atom. The van der Waals surface area contributed by atoms with E-state index in [0.717, 1.165) is 0 Å². The first-order valence-corrected chi connectivity index (χ1v) is 8.28. The van der Waals surface area contributed by atoms with Crippen LogP contribution in [0, 0.1) is 5.92 Å². The molecule has 0 rings (SSSR count). The molecule has 0 saturated heterocycles. The molecular weight excluding hydrogens is 362 g/mol. The van der Waals surface area contributed by atoms with Crippen molar-refractivity contribution in [3.05, 3.63) is 0 Å². The largest absolute Gasteiger partial charge is 0.480 e. The Hall–Kier alpha value is -2.73. The fraction of sp³-hybridized carbons (Fsp3) is 0.667. The molecule has 0 aromatic heterocycles.